The number of nitrogens with zero attached hydrogens (tertiary/aromatic N) is 11. The summed E-state index contributed by atoms with van der Waals surface area (Å²) < 4.78 is 0. The summed E-state index contributed by atoms with van der Waals surface area (Å²) >= 11 is 0. The first-order chi connectivity index (χ1) is 62.8. The zero-order chi connectivity index (χ0) is 95.2. The van der Waals surface area contributed by atoms with Gasteiger partial charge in [-0.3, -0.25) is 68.4 Å². The van der Waals surface area contributed by atoms with Crippen molar-refractivity contribution in [2.75, 3.05) is 131 Å². The molecule has 8 aromatic rings. The van der Waals surface area contributed by atoms with Crippen molar-refractivity contribution < 1.29 is 57.5 Å². The molecule has 0 aliphatic carbocycles. The SMILES string of the molecule is C[C@@H](c1ccccc1)N(CC(N)=O)C(=O)CN(C(=O)CN(CCN)C(=O)CN(C(=O)CN(C(=O)CN(CCNC(=N)N)C(=O)CN(C(=O)CN(C(=O)CN(CCN)C(=O)CN(C(=O)CN(C(=O)CNCCNC(=N)N)[C@@H](C)c1ccccc1)[C@@H](C)c1ccccc1)[C@@H](C)c1ccccc1)[C@@H](C)c1ccccc1)[C@@H](C)c1ccccc1)[C@@H](C)c1ccccc1)[C@@H](C)c1ccccc1. The number of hydrogen-bond donors (Lipinski definition) is 10. The van der Waals surface area contributed by atoms with Crippen LogP contribution < -0.4 is 44.6 Å². The number of nitrogens with one attached hydrogen (secondary N) is 5. The standard InChI is InChI=1S/C98H127N21O12/c1-69(77-33-17-9-18-34-77)112(58-85(101)120)93(128)66-117(74(6)82-43-27-14-28-44-82)90(125)59-109(54-49-99)88(123)63-115(72(4)80-39-23-12-24-40-80)95(130)68-119(76(8)84-47-31-16-32-48-84)92(127)61-111(56-53-108-98(104)105)89(124)64-116(73(5)81-41-25-13-26-42-81)96(131)67-118(75(7)83-45-29-15-30-46-83)91(126)60-110(55-50-100)87(122)62-114(71(3)79-37-21-11-22-38-79)94(129)65-113(70(2)78-35-19-10-20-36-78)86(121)57-106-51-52-107-97(102)103/h9-48,69-76,106H,49-68,99-100H2,1-8H3,(H2,101,120)(H4,102,103,107)(H4,104,105,108)/t69-,70-,71-,72-,73-,74-,75-,76-/m0/s1. The van der Waals surface area contributed by atoms with Crippen LogP contribution in [0.15, 0.2) is 243 Å². The van der Waals surface area contributed by atoms with Gasteiger partial charge in [0.2, 0.25) is 70.9 Å². The van der Waals surface area contributed by atoms with E-state index in [-0.39, 0.29) is 64.9 Å². The fourth-order valence-electron chi connectivity index (χ4n) is 15.5. The van der Waals surface area contributed by atoms with Gasteiger partial charge >= 0.3 is 0 Å². The molecule has 0 aliphatic heterocycles. The molecule has 15 N–H and O–H groups in total. The number of carbonyl (C=O) groups excluding carboxylic acids is 12. The van der Waals surface area contributed by atoms with Gasteiger partial charge in [-0.25, -0.2) is 0 Å². The summed E-state index contributed by atoms with van der Waals surface area (Å²) in [5.74, 6) is -8.98. The number of carbonyl (C=O) groups is 12. The highest BCUT2D eigenvalue weighted by atomic mass is 16.2. The molecule has 0 spiro atoms. The Balaban J connectivity index is 1.10. The lowest BCUT2D eigenvalue weighted by Gasteiger charge is -2.38. The van der Waals surface area contributed by atoms with Crippen LogP contribution in [0.3, 0.4) is 0 Å². The van der Waals surface area contributed by atoms with Gasteiger partial charge in [0.05, 0.1) is 81.1 Å². The zero-order valence-electron chi connectivity index (χ0n) is 76.1. The van der Waals surface area contributed by atoms with Crippen LogP contribution >= 0.6 is 0 Å². The third-order valence-electron chi connectivity index (χ3n) is 23.4. The molecule has 33 nitrogen and oxygen atoms in total. The largest absolute Gasteiger partial charge is 0.370 e. The van der Waals surface area contributed by atoms with Crippen LogP contribution in [0.5, 0.6) is 0 Å². The molecular weight excluding hydrogens is 1660 g/mol. The molecule has 131 heavy (non-hydrogen) atoms. The van der Waals surface area contributed by atoms with Crippen molar-refractivity contribution in [3.8, 4) is 0 Å². The number of hydrogen-bond acceptors (Lipinski definition) is 17. The van der Waals surface area contributed by atoms with Gasteiger partial charge in [-0.2, -0.15) is 0 Å². The predicted octanol–water partition coefficient (Wildman–Crippen LogP) is 6.15. The van der Waals surface area contributed by atoms with Crippen molar-refractivity contribution in [3.63, 3.8) is 0 Å². The van der Waals surface area contributed by atoms with Crippen molar-refractivity contribution in [1.29, 1.82) is 10.8 Å². The number of guanidine groups is 2. The second-order valence-corrected chi connectivity index (χ2v) is 32.2. The molecule has 33 heteroatoms. The molecule has 0 radical (unpaired) electrons. The summed E-state index contributed by atoms with van der Waals surface area (Å²) in [7, 11) is 0. The average Bonchev–Trinajstić information content (AvgIpc) is 0.760. The van der Waals surface area contributed by atoms with E-state index in [9.17, 15) is 14.4 Å². The first-order valence-corrected chi connectivity index (χ1v) is 44.0. The minimum absolute atomic E-state index is 0.138. The Morgan fingerprint density at radius 1 is 0.244 bits per heavy atom. The summed E-state index contributed by atoms with van der Waals surface area (Å²) in [4.78, 5) is 196. The molecular formula is C98H127N21O12. The van der Waals surface area contributed by atoms with E-state index in [4.69, 9.17) is 39.5 Å². The number of amides is 12. The number of nitrogens with two attached hydrogens (primary N) is 5. The maximum absolute atomic E-state index is 15.9. The van der Waals surface area contributed by atoms with E-state index in [1.54, 1.807) is 256 Å². The Kier molecular flexibility index (Phi) is 40.4. The normalized spacial score (nSPS) is 12.8. The van der Waals surface area contributed by atoms with E-state index in [0.717, 1.165) is 5.56 Å². The minimum Gasteiger partial charge on any atom is -0.370 e. The lowest BCUT2D eigenvalue weighted by Crippen LogP contribution is -2.54. The van der Waals surface area contributed by atoms with E-state index < -0.39 is 197 Å². The summed E-state index contributed by atoms with van der Waals surface area (Å²) in [6, 6.07) is 64.9. The third kappa shape index (κ3) is 30.5. The molecule has 8 atom stereocenters. The first-order valence-electron chi connectivity index (χ1n) is 44.0. The lowest BCUT2D eigenvalue weighted by molar-refractivity contribution is -0.152. The fraction of sp³-hybridized carbons (Fsp3) is 0.367. The molecule has 696 valence electrons. The highest BCUT2D eigenvalue weighted by molar-refractivity contribution is 5.96. The highest BCUT2D eigenvalue weighted by Gasteiger charge is 2.39. The van der Waals surface area contributed by atoms with Crippen molar-refractivity contribution >= 4 is 82.8 Å². The summed E-state index contributed by atoms with van der Waals surface area (Å²) in [5, 5.41) is 24.1. The summed E-state index contributed by atoms with van der Waals surface area (Å²) in [6.45, 7) is 6.11. The Morgan fingerprint density at radius 2 is 0.427 bits per heavy atom. The summed E-state index contributed by atoms with van der Waals surface area (Å²) in [6.07, 6.45) is 0. The van der Waals surface area contributed by atoms with E-state index in [1.807, 2.05) is 42.5 Å². The van der Waals surface area contributed by atoms with E-state index >= 15 is 43.2 Å². The zero-order valence-corrected chi connectivity index (χ0v) is 76.1. The van der Waals surface area contributed by atoms with Crippen LogP contribution in [0.4, 0.5) is 0 Å². The van der Waals surface area contributed by atoms with Crippen molar-refractivity contribution in [2.24, 2.45) is 28.7 Å². The Hall–Kier alpha value is -14.2. The van der Waals surface area contributed by atoms with Crippen LogP contribution in [-0.4, -0.2) is 268 Å². The number of rotatable bonds is 50. The van der Waals surface area contributed by atoms with Crippen molar-refractivity contribution in [1.82, 2.24) is 69.8 Å². The Labute approximate surface area is 767 Å². The Morgan fingerprint density at radius 3 is 0.634 bits per heavy atom. The molecule has 8 rings (SSSR count). The molecule has 0 unspecified atom stereocenters. The highest BCUT2D eigenvalue weighted by Crippen LogP contribution is 2.31. The molecule has 0 heterocycles. The predicted molar refractivity (Wildman–Crippen MR) is 502 cm³/mol. The number of primary amides is 1. The van der Waals surface area contributed by atoms with E-state index in [0.29, 0.717) is 38.9 Å². The van der Waals surface area contributed by atoms with Gasteiger partial charge in [0.1, 0.15) is 45.8 Å². The van der Waals surface area contributed by atoms with Gasteiger partial charge < -0.3 is 98.5 Å². The second-order valence-electron chi connectivity index (χ2n) is 32.2. The minimum atomic E-state index is -0.921. The van der Waals surface area contributed by atoms with Gasteiger partial charge in [0.15, 0.2) is 11.9 Å². The number of benzene rings is 8. The topological polar surface area (TPSA) is 454 Å². The van der Waals surface area contributed by atoms with Crippen LogP contribution in [-0.2, 0) is 57.5 Å². The van der Waals surface area contributed by atoms with E-state index in [1.165, 1.54) is 53.9 Å². The van der Waals surface area contributed by atoms with Crippen LogP contribution in [0.2, 0.25) is 0 Å². The fourth-order valence-corrected chi connectivity index (χ4v) is 15.5. The van der Waals surface area contributed by atoms with Gasteiger partial charge in [-0.15, -0.1) is 0 Å². The van der Waals surface area contributed by atoms with E-state index in [2.05, 4.69) is 16.0 Å². The molecule has 8 aromatic carbocycles. The molecule has 0 saturated heterocycles. The molecule has 0 fully saturated rings. The monoisotopic (exact) mass is 1790 g/mol. The third-order valence-corrected chi connectivity index (χ3v) is 23.4. The lowest BCUT2D eigenvalue weighted by atomic mass is 10.0. The first kappa shape index (κ1) is 102. The smallest absolute Gasteiger partial charge is 0.243 e. The van der Waals surface area contributed by atoms with Gasteiger partial charge in [0.25, 0.3) is 0 Å². The summed E-state index contributed by atoms with van der Waals surface area (Å²) in [5.41, 5.74) is 34.7. The molecule has 0 saturated carbocycles. The molecule has 0 aliphatic rings. The van der Waals surface area contributed by atoms with Crippen LogP contribution in [0.1, 0.15) is 148 Å². The van der Waals surface area contributed by atoms with Gasteiger partial charge in [0, 0.05) is 52.4 Å². The second kappa shape index (κ2) is 51.7. The molecule has 12 amide bonds. The van der Waals surface area contributed by atoms with Crippen molar-refractivity contribution in [3.05, 3.63) is 287 Å². The van der Waals surface area contributed by atoms with Crippen molar-refractivity contribution in [2.45, 2.75) is 104 Å². The Bertz CT molecular complexity index is 5020. The molecule has 0 aromatic heterocycles. The quantitative estimate of drug-likeness (QED) is 0.0116. The van der Waals surface area contributed by atoms with Gasteiger partial charge in [-0.1, -0.05) is 243 Å². The van der Waals surface area contributed by atoms with Crippen LogP contribution in [0, 0.1) is 10.8 Å². The molecule has 0 bridgehead atoms. The van der Waals surface area contributed by atoms with Crippen LogP contribution in [0.25, 0.3) is 0 Å². The van der Waals surface area contributed by atoms with Gasteiger partial charge in [-0.05, 0) is 99.9 Å². The maximum Gasteiger partial charge on any atom is 0.243 e. The average molecular weight is 1790 g/mol. The maximum atomic E-state index is 15.9.